The van der Waals surface area contributed by atoms with Crippen molar-refractivity contribution in [3.05, 3.63) is 59.5 Å². The number of piperazine rings is 1. The normalized spacial score (nSPS) is 15.4. The average molecular weight is 410 g/mol. The van der Waals surface area contributed by atoms with Gasteiger partial charge in [-0.15, -0.1) is 0 Å². The van der Waals surface area contributed by atoms with Gasteiger partial charge < -0.3 is 19.9 Å². The van der Waals surface area contributed by atoms with Gasteiger partial charge in [-0.2, -0.15) is 0 Å². The van der Waals surface area contributed by atoms with E-state index in [1.54, 1.807) is 18.2 Å². The van der Waals surface area contributed by atoms with Gasteiger partial charge in [0.1, 0.15) is 23.9 Å². The molecule has 0 saturated carbocycles. The second-order valence-electron chi connectivity index (χ2n) is 7.78. The van der Waals surface area contributed by atoms with E-state index in [2.05, 4.69) is 27.1 Å². The van der Waals surface area contributed by atoms with Crippen molar-refractivity contribution in [3.63, 3.8) is 0 Å². The van der Waals surface area contributed by atoms with Gasteiger partial charge in [0.2, 0.25) is 0 Å². The van der Waals surface area contributed by atoms with Gasteiger partial charge in [-0.3, -0.25) is 9.69 Å². The summed E-state index contributed by atoms with van der Waals surface area (Å²) < 4.78 is 20.0. The molecule has 30 heavy (non-hydrogen) atoms. The largest absolute Gasteiger partial charge is 0.490 e. The highest BCUT2D eigenvalue weighted by molar-refractivity contribution is 6.06. The SMILES string of the molecule is Cc1ccc(F)c2[nH]c(C(=O)Nc3ccccc3OCCN3CCN(C)CC3)cc12. The molecular weight excluding hydrogens is 383 g/mol. The molecule has 1 fully saturated rings. The lowest BCUT2D eigenvalue weighted by atomic mass is 10.1. The highest BCUT2D eigenvalue weighted by Crippen LogP contribution is 2.26. The fraction of sp³-hybridized carbons (Fsp3) is 0.348. The molecular formula is C23H27FN4O2. The average Bonchev–Trinajstić information content (AvgIpc) is 3.21. The van der Waals surface area contributed by atoms with Crippen LogP contribution in [0.4, 0.5) is 10.1 Å². The first-order valence-electron chi connectivity index (χ1n) is 10.2. The number of nitrogens with one attached hydrogen (secondary N) is 2. The van der Waals surface area contributed by atoms with Crippen molar-refractivity contribution >= 4 is 22.5 Å². The number of anilines is 1. The predicted octanol–water partition coefficient (Wildman–Crippen LogP) is 3.49. The number of para-hydroxylation sites is 2. The Hall–Kier alpha value is -2.90. The zero-order valence-corrected chi connectivity index (χ0v) is 17.4. The number of rotatable bonds is 6. The summed E-state index contributed by atoms with van der Waals surface area (Å²) in [7, 11) is 2.13. The molecule has 1 aliphatic heterocycles. The van der Waals surface area contributed by atoms with Gasteiger partial charge in [0.05, 0.1) is 11.2 Å². The third-order valence-electron chi connectivity index (χ3n) is 5.60. The van der Waals surface area contributed by atoms with Crippen molar-refractivity contribution in [1.82, 2.24) is 14.8 Å². The monoisotopic (exact) mass is 410 g/mol. The number of carbonyl (C=O) groups is 1. The van der Waals surface area contributed by atoms with Crippen molar-refractivity contribution in [2.24, 2.45) is 0 Å². The lowest BCUT2D eigenvalue weighted by Crippen LogP contribution is -2.45. The number of fused-ring (bicyclic) bond motifs is 1. The topological polar surface area (TPSA) is 60.6 Å². The molecule has 1 amide bonds. The molecule has 0 unspecified atom stereocenters. The number of aromatic nitrogens is 1. The molecule has 3 aromatic rings. The molecule has 4 rings (SSSR count). The van der Waals surface area contributed by atoms with Crippen LogP contribution >= 0.6 is 0 Å². The summed E-state index contributed by atoms with van der Waals surface area (Å²) in [6, 6.07) is 12.2. The Morgan fingerprint density at radius 1 is 1.17 bits per heavy atom. The van der Waals surface area contributed by atoms with Gasteiger partial charge in [0.25, 0.3) is 5.91 Å². The van der Waals surface area contributed by atoms with Gasteiger partial charge in [0, 0.05) is 38.1 Å². The minimum atomic E-state index is -0.373. The number of likely N-dealkylation sites (N-methyl/N-ethyl adjacent to an activating group) is 1. The van der Waals surface area contributed by atoms with E-state index in [0.29, 0.717) is 34.6 Å². The fourth-order valence-corrected chi connectivity index (χ4v) is 3.69. The van der Waals surface area contributed by atoms with Crippen LogP contribution in [-0.4, -0.2) is 67.1 Å². The second-order valence-corrected chi connectivity index (χ2v) is 7.78. The number of aryl methyl sites for hydroxylation is 1. The van der Waals surface area contributed by atoms with Crippen LogP contribution in [-0.2, 0) is 0 Å². The second kappa shape index (κ2) is 8.85. The van der Waals surface area contributed by atoms with Crippen LogP contribution in [0.3, 0.4) is 0 Å². The van der Waals surface area contributed by atoms with E-state index in [1.807, 2.05) is 25.1 Å². The molecule has 6 nitrogen and oxygen atoms in total. The van der Waals surface area contributed by atoms with E-state index in [1.165, 1.54) is 6.07 Å². The molecule has 0 spiro atoms. The fourth-order valence-electron chi connectivity index (χ4n) is 3.69. The molecule has 1 saturated heterocycles. The molecule has 0 bridgehead atoms. The van der Waals surface area contributed by atoms with Crippen molar-refractivity contribution in [3.8, 4) is 5.75 Å². The third kappa shape index (κ3) is 4.47. The number of hydrogen-bond acceptors (Lipinski definition) is 4. The number of benzene rings is 2. The van der Waals surface area contributed by atoms with Crippen LogP contribution in [0.25, 0.3) is 10.9 Å². The smallest absolute Gasteiger partial charge is 0.272 e. The first-order valence-corrected chi connectivity index (χ1v) is 10.2. The Labute approximate surface area is 175 Å². The van der Waals surface area contributed by atoms with Crippen molar-refractivity contribution < 1.29 is 13.9 Å². The van der Waals surface area contributed by atoms with Crippen molar-refractivity contribution in [2.75, 3.05) is 51.7 Å². The van der Waals surface area contributed by atoms with Crippen molar-refractivity contribution in [1.29, 1.82) is 0 Å². The molecule has 2 N–H and O–H groups in total. The number of aromatic amines is 1. The Bertz CT molecular complexity index is 1000. The maximum Gasteiger partial charge on any atom is 0.272 e. The van der Waals surface area contributed by atoms with E-state index in [-0.39, 0.29) is 11.7 Å². The first kappa shape index (κ1) is 20.4. The van der Waals surface area contributed by atoms with E-state index >= 15 is 0 Å². The van der Waals surface area contributed by atoms with E-state index in [0.717, 1.165) is 38.3 Å². The molecule has 158 valence electrons. The van der Waals surface area contributed by atoms with Crippen LogP contribution in [0.5, 0.6) is 5.75 Å². The number of nitrogens with zero attached hydrogens (tertiary/aromatic N) is 2. The predicted molar refractivity (Wildman–Crippen MR) is 117 cm³/mol. The number of halogens is 1. The summed E-state index contributed by atoms with van der Waals surface area (Å²) in [5, 5.41) is 3.59. The van der Waals surface area contributed by atoms with E-state index in [9.17, 15) is 9.18 Å². The van der Waals surface area contributed by atoms with Crippen LogP contribution < -0.4 is 10.1 Å². The standard InChI is InChI=1S/C23H27FN4O2/c1-16-7-8-18(24)22-17(16)15-20(25-22)23(29)26-19-5-3-4-6-21(19)30-14-13-28-11-9-27(2)10-12-28/h3-8,15,25H,9-14H2,1-2H3,(H,26,29). The van der Waals surface area contributed by atoms with Crippen LogP contribution in [0.2, 0.25) is 0 Å². The number of hydrogen-bond donors (Lipinski definition) is 2. The number of carbonyl (C=O) groups excluding carboxylic acids is 1. The number of ether oxygens (including phenoxy) is 1. The zero-order chi connectivity index (χ0) is 21.1. The molecule has 0 aliphatic carbocycles. The molecule has 0 atom stereocenters. The van der Waals surface area contributed by atoms with Gasteiger partial charge in [-0.05, 0) is 43.8 Å². The summed E-state index contributed by atoms with van der Waals surface area (Å²) >= 11 is 0. The molecule has 1 aliphatic rings. The molecule has 7 heteroatoms. The Balaban J connectivity index is 1.42. The summed E-state index contributed by atoms with van der Waals surface area (Å²) in [6.07, 6.45) is 0. The van der Waals surface area contributed by atoms with E-state index < -0.39 is 0 Å². The lowest BCUT2D eigenvalue weighted by molar-refractivity contribution is 0.102. The molecule has 0 radical (unpaired) electrons. The lowest BCUT2D eigenvalue weighted by Gasteiger charge is -2.32. The van der Waals surface area contributed by atoms with Crippen LogP contribution in [0.1, 0.15) is 16.1 Å². The Morgan fingerprint density at radius 2 is 1.93 bits per heavy atom. The van der Waals surface area contributed by atoms with E-state index in [4.69, 9.17) is 4.74 Å². The Morgan fingerprint density at radius 3 is 2.70 bits per heavy atom. The molecule has 2 heterocycles. The maximum atomic E-state index is 14.1. The number of H-pyrrole nitrogens is 1. The van der Waals surface area contributed by atoms with Crippen LogP contribution in [0.15, 0.2) is 42.5 Å². The van der Waals surface area contributed by atoms with Crippen LogP contribution in [0, 0.1) is 12.7 Å². The quantitative estimate of drug-likeness (QED) is 0.653. The zero-order valence-electron chi connectivity index (χ0n) is 17.4. The minimum Gasteiger partial charge on any atom is -0.490 e. The Kier molecular flexibility index (Phi) is 6.01. The number of amides is 1. The third-order valence-corrected chi connectivity index (χ3v) is 5.60. The molecule has 1 aromatic heterocycles. The summed E-state index contributed by atoms with van der Waals surface area (Å²) in [4.78, 5) is 20.4. The summed E-state index contributed by atoms with van der Waals surface area (Å²) in [5.74, 6) is -0.0825. The minimum absolute atomic E-state index is 0.311. The van der Waals surface area contributed by atoms with Gasteiger partial charge in [0.15, 0.2) is 0 Å². The summed E-state index contributed by atoms with van der Waals surface area (Å²) in [5.41, 5.74) is 2.16. The first-order chi connectivity index (χ1) is 14.5. The van der Waals surface area contributed by atoms with Gasteiger partial charge >= 0.3 is 0 Å². The maximum absolute atomic E-state index is 14.1. The molecule has 2 aromatic carbocycles. The highest BCUT2D eigenvalue weighted by atomic mass is 19.1. The summed E-state index contributed by atoms with van der Waals surface area (Å²) in [6.45, 7) is 7.49. The van der Waals surface area contributed by atoms with Gasteiger partial charge in [-0.25, -0.2) is 4.39 Å². The highest BCUT2D eigenvalue weighted by Gasteiger charge is 2.16. The van der Waals surface area contributed by atoms with Gasteiger partial charge in [-0.1, -0.05) is 18.2 Å². The van der Waals surface area contributed by atoms with Crippen molar-refractivity contribution in [2.45, 2.75) is 6.92 Å².